The standard InChI is InChI=1S/C18H21N5O/c1-20-16-7-4-6-15(18(16)22-10-5-11-24)14(12-19)13-23-17-8-2-3-9-21-17/h2-4,6-9,11-13,19-20,22H,5,10H2,1H3,(H,21,23)/b14-13+,19-12?. The van der Waals surface area contributed by atoms with Gasteiger partial charge in [-0.1, -0.05) is 18.2 Å². The smallest absolute Gasteiger partial charge is 0.129 e. The van der Waals surface area contributed by atoms with Crippen molar-refractivity contribution in [2.24, 2.45) is 0 Å². The second kappa shape index (κ2) is 9.09. The van der Waals surface area contributed by atoms with Crippen molar-refractivity contribution in [1.29, 1.82) is 5.41 Å². The molecule has 0 radical (unpaired) electrons. The Morgan fingerprint density at radius 1 is 1.25 bits per heavy atom. The van der Waals surface area contributed by atoms with Gasteiger partial charge in [-0.05, 0) is 18.2 Å². The van der Waals surface area contributed by atoms with Crippen LogP contribution < -0.4 is 16.0 Å². The maximum absolute atomic E-state index is 10.6. The minimum Gasteiger partial charge on any atom is -0.386 e. The molecule has 4 N–H and O–H groups in total. The van der Waals surface area contributed by atoms with E-state index in [0.717, 1.165) is 23.2 Å². The van der Waals surface area contributed by atoms with Gasteiger partial charge in [-0.2, -0.15) is 0 Å². The van der Waals surface area contributed by atoms with Gasteiger partial charge < -0.3 is 26.2 Å². The third-order valence-electron chi connectivity index (χ3n) is 3.40. The molecule has 6 nitrogen and oxygen atoms in total. The van der Waals surface area contributed by atoms with E-state index in [1.54, 1.807) is 12.4 Å². The average molecular weight is 323 g/mol. The molecule has 0 atom stereocenters. The van der Waals surface area contributed by atoms with Gasteiger partial charge in [0.15, 0.2) is 0 Å². The number of aromatic nitrogens is 1. The zero-order valence-electron chi connectivity index (χ0n) is 13.5. The van der Waals surface area contributed by atoms with E-state index in [1.807, 2.05) is 43.4 Å². The molecular weight excluding hydrogens is 302 g/mol. The van der Waals surface area contributed by atoms with Crippen LogP contribution in [0.3, 0.4) is 0 Å². The minimum atomic E-state index is 0.424. The second-order valence-corrected chi connectivity index (χ2v) is 4.96. The highest BCUT2D eigenvalue weighted by Gasteiger charge is 2.10. The number of anilines is 3. The Balaban J connectivity index is 2.32. The first-order chi connectivity index (χ1) is 11.8. The van der Waals surface area contributed by atoms with Gasteiger partial charge in [0, 0.05) is 49.8 Å². The van der Waals surface area contributed by atoms with Gasteiger partial charge in [0.25, 0.3) is 0 Å². The lowest BCUT2D eigenvalue weighted by atomic mass is 10.0. The van der Waals surface area contributed by atoms with Crippen LogP contribution in [0.4, 0.5) is 17.2 Å². The fourth-order valence-electron chi connectivity index (χ4n) is 2.24. The first-order valence-corrected chi connectivity index (χ1v) is 7.67. The largest absolute Gasteiger partial charge is 0.386 e. The summed E-state index contributed by atoms with van der Waals surface area (Å²) in [4.78, 5) is 14.8. The molecule has 0 amide bonds. The molecule has 0 aliphatic rings. The number of rotatable bonds is 9. The first-order valence-electron chi connectivity index (χ1n) is 7.67. The zero-order chi connectivity index (χ0) is 17.2. The van der Waals surface area contributed by atoms with E-state index in [9.17, 15) is 4.79 Å². The Kier molecular flexibility index (Phi) is 6.52. The van der Waals surface area contributed by atoms with Crippen molar-refractivity contribution < 1.29 is 4.79 Å². The lowest BCUT2D eigenvalue weighted by Crippen LogP contribution is -2.08. The van der Waals surface area contributed by atoms with Crippen molar-refractivity contribution in [2.75, 3.05) is 29.5 Å². The number of carbonyl (C=O) groups excluding carboxylic acids is 1. The third kappa shape index (κ3) is 4.42. The molecule has 1 aromatic heterocycles. The Bertz CT molecular complexity index is 713. The highest BCUT2D eigenvalue weighted by atomic mass is 16.1. The summed E-state index contributed by atoms with van der Waals surface area (Å²) in [6.07, 6.45) is 6.04. The number of pyridine rings is 1. The fourth-order valence-corrected chi connectivity index (χ4v) is 2.24. The van der Waals surface area contributed by atoms with Gasteiger partial charge in [0.2, 0.25) is 0 Å². The third-order valence-corrected chi connectivity index (χ3v) is 3.40. The van der Waals surface area contributed by atoms with Crippen molar-refractivity contribution in [3.63, 3.8) is 0 Å². The van der Waals surface area contributed by atoms with Crippen molar-refractivity contribution in [3.05, 3.63) is 54.4 Å². The van der Waals surface area contributed by atoms with Gasteiger partial charge >= 0.3 is 0 Å². The highest BCUT2D eigenvalue weighted by Crippen LogP contribution is 2.30. The monoisotopic (exact) mass is 323 g/mol. The molecule has 2 rings (SSSR count). The van der Waals surface area contributed by atoms with Crippen LogP contribution in [-0.4, -0.2) is 31.1 Å². The Morgan fingerprint density at radius 2 is 2.12 bits per heavy atom. The number of nitrogens with one attached hydrogen (secondary N) is 4. The number of nitrogens with zero attached hydrogens (tertiary/aromatic N) is 1. The summed E-state index contributed by atoms with van der Waals surface area (Å²) in [6.45, 7) is 0.536. The molecule has 0 fully saturated rings. The van der Waals surface area contributed by atoms with Crippen LogP contribution >= 0.6 is 0 Å². The van der Waals surface area contributed by atoms with Crippen molar-refractivity contribution in [1.82, 2.24) is 4.98 Å². The Labute approximate surface area is 141 Å². The predicted molar refractivity (Wildman–Crippen MR) is 99.8 cm³/mol. The summed E-state index contributed by atoms with van der Waals surface area (Å²) < 4.78 is 0. The van der Waals surface area contributed by atoms with Gasteiger partial charge in [-0.3, -0.25) is 0 Å². The first kappa shape index (κ1) is 17.2. The van der Waals surface area contributed by atoms with Crippen LogP contribution in [0.15, 0.2) is 48.8 Å². The van der Waals surface area contributed by atoms with Crippen LogP contribution in [-0.2, 0) is 4.79 Å². The predicted octanol–water partition coefficient (Wildman–Crippen LogP) is 3.23. The number of carbonyl (C=O) groups is 1. The van der Waals surface area contributed by atoms with E-state index >= 15 is 0 Å². The molecule has 0 saturated carbocycles. The summed E-state index contributed by atoms with van der Waals surface area (Å²) in [7, 11) is 1.84. The number of aldehydes is 1. The zero-order valence-corrected chi connectivity index (χ0v) is 13.5. The highest BCUT2D eigenvalue weighted by molar-refractivity contribution is 6.12. The number of allylic oxidation sites excluding steroid dienone is 1. The molecule has 0 bridgehead atoms. The van der Waals surface area contributed by atoms with Crippen LogP contribution in [0.1, 0.15) is 12.0 Å². The minimum absolute atomic E-state index is 0.424. The van der Waals surface area contributed by atoms with Crippen molar-refractivity contribution >= 4 is 35.3 Å². The number of benzene rings is 1. The Hall–Kier alpha value is -3.15. The maximum atomic E-state index is 10.6. The molecule has 0 spiro atoms. The van der Waals surface area contributed by atoms with Gasteiger partial charge in [0.05, 0.1) is 11.4 Å². The molecule has 1 aromatic carbocycles. The van der Waals surface area contributed by atoms with Crippen LogP contribution in [0.25, 0.3) is 5.57 Å². The Morgan fingerprint density at radius 3 is 2.79 bits per heavy atom. The summed E-state index contributed by atoms with van der Waals surface area (Å²) in [5.41, 5.74) is 3.33. The average Bonchev–Trinajstić information content (AvgIpc) is 2.64. The number of para-hydroxylation sites is 1. The number of hydrogen-bond donors (Lipinski definition) is 4. The molecule has 0 aliphatic heterocycles. The van der Waals surface area contributed by atoms with E-state index in [4.69, 9.17) is 5.41 Å². The van der Waals surface area contributed by atoms with Crippen molar-refractivity contribution in [2.45, 2.75) is 6.42 Å². The van der Waals surface area contributed by atoms with Gasteiger partial charge in [0.1, 0.15) is 12.1 Å². The normalized spacial score (nSPS) is 10.8. The van der Waals surface area contributed by atoms with Crippen LogP contribution in [0.2, 0.25) is 0 Å². The summed E-state index contributed by atoms with van der Waals surface area (Å²) in [5, 5.41) is 17.2. The van der Waals surface area contributed by atoms with E-state index in [-0.39, 0.29) is 0 Å². The fraction of sp³-hybridized carbons (Fsp3) is 0.167. The van der Waals surface area contributed by atoms with Crippen LogP contribution in [0, 0.1) is 5.41 Å². The van der Waals surface area contributed by atoms with E-state index in [1.165, 1.54) is 6.21 Å². The molecule has 1 heterocycles. The molecule has 124 valence electrons. The lowest BCUT2D eigenvalue weighted by Gasteiger charge is -2.16. The quantitative estimate of drug-likeness (QED) is 0.323. The lowest BCUT2D eigenvalue weighted by molar-refractivity contribution is -0.107. The van der Waals surface area contributed by atoms with Gasteiger partial charge in [-0.15, -0.1) is 0 Å². The second-order valence-electron chi connectivity index (χ2n) is 4.96. The van der Waals surface area contributed by atoms with Gasteiger partial charge in [-0.25, -0.2) is 4.98 Å². The van der Waals surface area contributed by atoms with E-state index < -0.39 is 0 Å². The number of hydrogen-bond acceptors (Lipinski definition) is 6. The maximum Gasteiger partial charge on any atom is 0.129 e. The SMILES string of the molecule is CNc1cccc(/C(C=N)=C/Nc2ccccn2)c1NCCC=O. The molecule has 0 unspecified atom stereocenters. The summed E-state index contributed by atoms with van der Waals surface area (Å²) in [5.74, 6) is 0.706. The van der Waals surface area contributed by atoms with E-state index in [2.05, 4.69) is 20.9 Å². The molecule has 24 heavy (non-hydrogen) atoms. The summed E-state index contributed by atoms with van der Waals surface area (Å²) in [6, 6.07) is 11.4. The summed E-state index contributed by atoms with van der Waals surface area (Å²) >= 11 is 0. The van der Waals surface area contributed by atoms with E-state index in [0.29, 0.717) is 24.4 Å². The topological polar surface area (TPSA) is 89.9 Å². The van der Waals surface area contributed by atoms with Crippen molar-refractivity contribution in [3.8, 4) is 0 Å². The molecule has 6 heteroatoms. The molecular formula is C18H21N5O. The molecule has 2 aromatic rings. The molecule has 0 aliphatic carbocycles. The molecule has 0 saturated heterocycles. The van der Waals surface area contributed by atoms with Crippen LogP contribution in [0.5, 0.6) is 0 Å².